The first-order valence-corrected chi connectivity index (χ1v) is 6.69. The molecule has 23 heavy (non-hydrogen) atoms. The van der Waals surface area contributed by atoms with Crippen LogP contribution in [0.1, 0.15) is 11.3 Å². The average Bonchev–Trinajstić information content (AvgIpc) is 2.55. The van der Waals surface area contributed by atoms with Crippen molar-refractivity contribution < 1.29 is 10.0 Å². The lowest BCUT2D eigenvalue weighted by molar-refractivity contribution is -0.384. The molecule has 0 spiro atoms. The third-order valence-corrected chi connectivity index (χ3v) is 3.26. The Bertz CT molecular complexity index is 978. The van der Waals surface area contributed by atoms with Crippen LogP contribution in [0, 0.1) is 10.1 Å². The summed E-state index contributed by atoms with van der Waals surface area (Å²) in [7, 11) is 0. The Morgan fingerprint density at radius 1 is 1.22 bits per heavy atom. The molecule has 0 saturated heterocycles. The van der Waals surface area contributed by atoms with Crippen molar-refractivity contribution in [3.05, 3.63) is 80.3 Å². The number of fused-ring (bicyclic) bond motifs is 1. The number of aromatic nitrogens is 2. The maximum Gasteiger partial charge on any atom is 0.274 e. The van der Waals surface area contributed by atoms with Crippen molar-refractivity contribution >= 4 is 28.6 Å². The SMILES string of the molecule is O=c1[nH]c2cc([N+](=O)[O-])ccc2nc1/C=C(\O)c1ccccc1. The van der Waals surface area contributed by atoms with E-state index in [1.54, 1.807) is 24.3 Å². The molecule has 2 N–H and O–H groups in total. The van der Waals surface area contributed by atoms with Gasteiger partial charge in [-0.3, -0.25) is 14.9 Å². The highest BCUT2D eigenvalue weighted by Crippen LogP contribution is 2.18. The molecule has 0 aliphatic heterocycles. The highest BCUT2D eigenvalue weighted by molar-refractivity contribution is 5.80. The molecule has 1 heterocycles. The molecule has 7 nitrogen and oxygen atoms in total. The number of hydrogen-bond donors (Lipinski definition) is 2. The van der Waals surface area contributed by atoms with Crippen LogP contribution in [0.15, 0.2) is 53.3 Å². The molecule has 0 bridgehead atoms. The van der Waals surface area contributed by atoms with Gasteiger partial charge in [-0.25, -0.2) is 4.98 Å². The fourth-order valence-electron chi connectivity index (χ4n) is 2.12. The highest BCUT2D eigenvalue weighted by atomic mass is 16.6. The second-order valence-electron chi connectivity index (χ2n) is 4.81. The van der Waals surface area contributed by atoms with E-state index in [9.17, 15) is 20.0 Å². The molecule has 7 heteroatoms. The summed E-state index contributed by atoms with van der Waals surface area (Å²) in [6, 6.07) is 12.7. The molecule has 0 saturated carbocycles. The molecule has 114 valence electrons. The number of nitrogens with zero attached hydrogens (tertiary/aromatic N) is 2. The first kappa shape index (κ1) is 14.5. The largest absolute Gasteiger partial charge is 0.507 e. The monoisotopic (exact) mass is 309 g/mol. The van der Waals surface area contributed by atoms with E-state index in [4.69, 9.17) is 0 Å². The van der Waals surface area contributed by atoms with Gasteiger partial charge in [0.2, 0.25) is 0 Å². The zero-order chi connectivity index (χ0) is 16.4. The molecule has 0 atom stereocenters. The predicted octanol–water partition coefficient (Wildman–Crippen LogP) is 2.89. The van der Waals surface area contributed by atoms with Gasteiger partial charge in [0.05, 0.1) is 16.0 Å². The molecular weight excluding hydrogens is 298 g/mol. The number of nitro benzene ring substituents is 1. The van der Waals surface area contributed by atoms with Crippen molar-refractivity contribution in [3.63, 3.8) is 0 Å². The van der Waals surface area contributed by atoms with E-state index in [0.29, 0.717) is 11.1 Å². The van der Waals surface area contributed by atoms with Crippen LogP contribution in [-0.4, -0.2) is 20.0 Å². The van der Waals surface area contributed by atoms with Crippen molar-refractivity contribution in [2.45, 2.75) is 0 Å². The van der Waals surface area contributed by atoms with E-state index in [1.165, 1.54) is 24.3 Å². The van der Waals surface area contributed by atoms with Crippen LogP contribution in [0.4, 0.5) is 5.69 Å². The molecule has 0 aliphatic rings. The Labute approximate surface area is 129 Å². The lowest BCUT2D eigenvalue weighted by Crippen LogP contribution is -2.12. The van der Waals surface area contributed by atoms with Crippen molar-refractivity contribution in [2.75, 3.05) is 0 Å². The molecule has 0 amide bonds. The Kier molecular flexibility index (Phi) is 3.60. The van der Waals surface area contributed by atoms with Gasteiger partial charge in [0.15, 0.2) is 0 Å². The summed E-state index contributed by atoms with van der Waals surface area (Å²) in [5, 5.41) is 20.8. The normalized spacial score (nSPS) is 11.6. The Hall–Kier alpha value is -3.48. The van der Waals surface area contributed by atoms with Gasteiger partial charge in [-0.1, -0.05) is 30.3 Å². The minimum atomic E-state index is -0.549. The van der Waals surface area contributed by atoms with Crippen LogP contribution < -0.4 is 5.56 Å². The van der Waals surface area contributed by atoms with Gasteiger partial charge >= 0.3 is 0 Å². The van der Waals surface area contributed by atoms with E-state index in [0.717, 1.165) is 0 Å². The standard InChI is InChI=1S/C16H11N3O4/c20-15(10-4-2-1-3-5-10)9-14-16(21)18-13-8-11(19(22)23)6-7-12(13)17-14/h1-9,20H,(H,18,21)/b15-9-. The summed E-state index contributed by atoms with van der Waals surface area (Å²) in [4.78, 5) is 28.9. The summed E-state index contributed by atoms with van der Waals surface area (Å²) in [5.41, 5.74) is 0.555. The lowest BCUT2D eigenvalue weighted by Gasteiger charge is -2.02. The maximum atomic E-state index is 12.0. The number of aliphatic hydroxyl groups is 1. The molecule has 2 aromatic carbocycles. The first-order chi connectivity index (χ1) is 11.0. The van der Waals surface area contributed by atoms with Gasteiger partial charge in [-0.05, 0) is 6.07 Å². The topological polar surface area (TPSA) is 109 Å². The molecule has 0 radical (unpaired) electrons. The number of nitro groups is 1. The Balaban J connectivity index is 2.09. The van der Waals surface area contributed by atoms with Crippen molar-refractivity contribution in [3.8, 4) is 0 Å². The molecule has 0 fully saturated rings. The minimum absolute atomic E-state index is 0.0210. The van der Waals surface area contributed by atoms with E-state index >= 15 is 0 Å². The summed E-state index contributed by atoms with van der Waals surface area (Å²) in [5.74, 6) is -0.0927. The van der Waals surface area contributed by atoms with E-state index < -0.39 is 10.5 Å². The van der Waals surface area contributed by atoms with Crippen LogP contribution in [-0.2, 0) is 0 Å². The zero-order valence-electron chi connectivity index (χ0n) is 11.8. The number of aromatic amines is 1. The van der Waals surface area contributed by atoms with Crippen LogP contribution in [0.25, 0.3) is 22.9 Å². The molecule has 3 rings (SSSR count). The number of nitrogens with one attached hydrogen (secondary N) is 1. The van der Waals surface area contributed by atoms with Crippen LogP contribution in [0.5, 0.6) is 0 Å². The number of hydrogen-bond acceptors (Lipinski definition) is 5. The van der Waals surface area contributed by atoms with Crippen molar-refractivity contribution in [1.29, 1.82) is 0 Å². The van der Waals surface area contributed by atoms with Gasteiger partial charge < -0.3 is 10.1 Å². The Morgan fingerprint density at radius 3 is 2.65 bits per heavy atom. The van der Waals surface area contributed by atoms with Crippen LogP contribution in [0.2, 0.25) is 0 Å². The van der Waals surface area contributed by atoms with Gasteiger partial charge in [0, 0.05) is 23.8 Å². The van der Waals surface area contributed by atoms with E-state index in [-0.39, 0.29) is 22.7 Å². The highest BCUT2D eigenvalue weighted by Gasteiger charge is 2.10. The number of H-pyrrole nitrogens is 1. The van der Waals surface area contributed by atoms with Crippen molar-refractivity contribution in [1.82, 2.24) is 9.97 Å². The molecular formula is C16H11N3O4. The molecule has 0 unspecified atom stereocenters. The maximum absolute atomic E-state index is 12.0. The molecule has 0 aliphatic carbocycles. The summed E-state index contributed by atoms with van der Waals surface area (Å²) < 4.78 is 0. The minimum Gasteiger partial charge on any atom is -0.507 e. The van der Waals surface area contributed by atoms with Gasteiger partial charge in [0.1, 0.15) is 11.5 Å². The number of benzene rings is 2. The summed E-state index contributed by atoms with van der Waals surface area (Å²) in [6.45, 7) is 0. The van der Waals surface area contributed by atoms with Crippen molar-refractivity contribution in [2.24, 2.45) is 0 Å². The van der Waals surface area contributed by atoms with Crippen LogP contribution in [0.3, 0.4) is 0 Å². The predicted molar refractivity (Wildman–Crippen MR) is 86.0 cm³/mol. The fraction of sp³-hybridized carbons (Fsp3) is 0. The molecule has 3 aromatic rings. The number of rotatable bonds is 3. The van der Waals surface area contributed by atoms with E-state index in [1.807, 2.05) is 6.07 Å². The molecule has 1 aromatic heterocycles. The van der Waals surface area contributed by atoms with Gasteiger partial charge in [-0.2, -0.15) is 0 Å². The second kappa shape index (κ2) is 5.72. The average molecular weight is 309 g/mol. The smallest absolute Gasteiger partial charge is 0.274 e. The van der Waals surface area contributed by atoms with Crippen LogP contribution >= 0.6 is 0 Å². The fourth-order valence-corrected chi connectivity index (χ4v) is 2.12. The third-order valence-electron chi connectivity index (χ3n) is 3.26. The van der Waals surface area contributed by atoms with Gasteiger partial charge in [-0.15, -0.1) is 0 Å². The zero-order valence-corrected chi connectivity index (χ0v) is 11.8. The number of aliphatic hydroxyl groups excluding tert-OH is 1. The second-order valence-corrected chi connectivity index (χ2v) is 4.81. The van der Waals surface area contributed by atoms with E-state index in [2.05, 4.69) is 9.97 Å². The lowest BCUT2D eigenvalue weighted by atomic mass is 10.1. The first-order valence-electron chi connectivity index (χ1n) is 6.69. The van der Waals surface area contributed by atoms with Gasteiger partial charge in [0.25, 0.3) is 11.2 Å². The Morgan fingerprint density at radius 2 is 1.96 bits per heavy atom. The summed E-state index contributed by atoms with van der Waals surface area (Å²) >= 11 is 0. The third kappa shape index (κ3) is 2.93. The number of non-ortho nitro benzene ring substituents is 1. The quantitative estimate of drug-likeness (QED) is 0.439. The summed E-state index contributed by atoms with van der Waals surface area (Å²) in [6.07, 6.45) is 1.26.